The average Bonchev–Trinajstić information content (AvgIpc) is 2.82. The van der Waals surface area contributed by atoms with Gasteiger partial charge in [-0.1, -0.05) is 0 Å². The molecule has 2 heterocycles. The summed E-state index contributed by atoms with van der Waals surface area (Å²) in [5, 5.41) is 10.3. The Morgan fingerprint density at radius 3 is 2.67 bits per heavy atom. The first-order valence-corrected chi connectivity index (χ1v) is 7.06. The van der Waals surface area contributed by atoms with E-state index in [0.29, 0.717) is 6.54 Å². The van der Waals surface area contributed by atoms with Crippen molar-refractivity contribution in [2.24, 2.45) is 5.41 Å². The second kappa shape index (κ2) is 4.63. The van der Waals surface area contributed by atoms with Crippen LogP contribution in [0.4, 0.5) is 0 Å². The number of aliphatic carboxylic acids is 1. The number of aromatic nitrogens is 1. The van der Waals surface area contributed by atoms with Gasteiger partial charge < -0.3 is 5.11 Å². The molecule has 0 amide bonds. The maximum atomic E-state index is 11.3. The minimum absolute atomic E-state index is 0.261. The molecule has 100 valence electrons. The summed E-state index contributed by atoms with van der Waals surface area (Å²) in [6, 6.07) is 0.261. The summed E-state index contributed by atoms with van der Waals surface area (Å²) in [5.41, 5.74) is 0.482. The lowest BCUT2D eigenvalue weighted by molar-refractivity contribution is -0.147. The molecule has 1 aliphatic heterocycles. The number of hydrogen-bond donors (Lipinski definition) is 1. The third kappa shape index (κ3) is 2.29. The molecular weight excluding hydrogens is 248 g/mol. The summed E-state index contributed by atoms with van der Waals surface area (Å²) in [6.45, 7) is 9.50. The van der Waals surface area contributed by atoms with Crippen LogP contribution in [0.25, 0.3) is 0 Å². The van der Waals surface area contributed by atoms with Crippen molar-refractivity contribution in [1.82, 2.24) is 9.88 Å². The van der Waals surface area contributed by atoms with E-state index in [1.807, 2.05) is 20.8 Å². The van der Waals surface area contributed by atoms with Crippen molar-refractivity contribution >= 4 is 17.3 Å². The summed E-state index contributed by atoms with van der Waals surface area (Å²) in [4.78, 5) is 19.2. The van der Waals surface area contributed by atoms with Crippen LogP contribution in [0.3, 0.4) is 0 Å². The molecule has 0 spiro atoms. The number of aryl methyl sites for hydroxylation is 2. The lowest BCUT2D eigenvalue weighted by atomic mass is 9.90. The van der Waals surface area contributed by atoms with Crippen LogP contribution < -0.4 is 0 Å². The maximum Gasteiger partial charge on any atom is 0.310 e. The minimum Gasteiger partial charge on any atom is -0.481 e. The molecule has 2 rings (SSSR count). The van der Waals surface area contributed by atoms with Crippen LogP contribution in [0.5, 0.6) is 0 Å². The van der Waals surface area contributed by atoms with Crippen LogP contribution in [0.1, 0.15) is 41.9 Å². The number of hydrogen-bond acceptors (Lipinski definition) is 4. The van der Waals surface area contributed by atoms with E-state index in [0.717, 1.165) is 23.7 Å². The molecule has 2 atom stereocenters. The van der Waals surface area contributed by atoms with E-state index >= 15 is 0 Å². The van der Waals surface area contributed by atoms with E-state index in [2.05, 4.69) is 16.8 Å². The summed E-state index contributed by atoms with van der Waals surface area (Å²) < 4.78 is 0. The highest BCUT2D eigenvalue weighted by molar-refractivity contribution is 7.11. The van der Waals surface area contributed by atoms with Crippen molar-refractivity contribution in [1.29, 1.82) is 0 Å². The number of likely N-dealkylation sites (tertiary alicyclic amines) is 1. The van der Waals surface area contributed by atoms with Crippen molar-refractivity contribution in [2.45, 2.75) is 40.2 Å². The quantitative estimate of drug-likeness (QED) is 0.915. The lowest BCUT2D eigenvalue weighted by Crippen LogP contribution is -2.32. The molecule has 1 aliphatic rings. The van der Waals surface area contributed by atoms with E-state index in [1.165, 1.54) is 4.88 Å². The number of thiazole rings is 1. The molecule has 0 aliphatic carbocycles. The highest BCUT2D eigenvalue weighted by Gasteiger charge is 2.42. The summed E-state index contributed by atoms with van der Waals surface area (Å²) in [7, 11) is 0. The Balaban J connectivity index is 2.15. The van der Waals surface area contributed by atoms with Gasteiger partial charge in [0.1, 0.15) is 0 Å². The summed E-state index contributed by atoms with van der Waals surface area (Å²) >= 11 is 1.72. The van der Waals surface area contributed by atoms with Gasteiger partial charge in [0.15, 0.2) is 0 Å². The Bertz CT molecular complexity index is 472. The summed E-state index contributed by atoms with van der Waals surface area (Å²) in [6.07, 6.45) is 0.726. The topological polar surface area (TPSA) is 53.4 Å². The number of nitrogens with zero attached hydrogens (tertiary/aromatic N) is 2. The Morgan fingerprint density at radius 1 is 1.56 bits per heavy atom. The van der Waals surface area contributed by atoms with Crippen LogP contribution in [0, 0.1) is 19.3 Å². The van der Waals surface area contributed by atoms with Gasteiger partial charge in [-0.25, -0.2) is 4.98 Å². The van der Waals surface area contributed by atoms with Gasteiger partial charge >= 0.3 is 5.97 Å². The molecule has 0 radical (unpaired) electrons. The van der Waals surface area contributed by atoms with Gasteiger partial charge in [-0.05, 0) is 40.7 Å². The van der Waals surface area contributed by atoms with Crippen molar-refractivity contribution in [3.63, 3.8) is 0 Å². The molecule has 1 N–H and O–H groups in total. The van der Waals surface area contributed by atoms with Crippen molar-refractivity contribution < 1.29 is 9.90 Å². The highest BCUT2D eigenvalue weighted by Crippen LogP contribution is 2.37. The number of rotatable bonds is 3. The largest absolute Gasteiger partial charge is 0.481 e. The number of carboxylic acids is 1. The van der Waals surface area contributed by atoms with Crippen molar-refractivity contribution in [3.8, 4) is 0 Å². The zero-order valence-electron chi connectivity index (χ0n) is 11.4. The van der Waals surface area contributed by atoms with Gasteiger partial charge in [-0.3, -0.25) is 9.69 Å². The molecule has 18 heavy (non-hydrogen) atoms. The predicted octanol–water partition coefficient (Wildman–Crippen LogP) is 2.62. The van der Waals surface area contributed by atoms with Gasteiger partial charge in [0.05, 0.1) is 16.1 Å². The average molecular weight is 268 g/mol. The van der Waals surface area contributed by atoms with E-state index in [4.69, 9.17) is 0 Å². The van der Waals surface area contributed by atoms with E-state index < -0.39 is 11.4 Å². The van der Waals surface area contributed by atoms with E-state index in [9.17, 15) is 9.90 Å². The second-order valence-corrected chi connectivity index (χ2v) is 6.68. The van der Waals surface area contributed by atoms with E-state index in [-0.39, 0.29) is 6.04 Å². The fourth-order valence-corrected chi connectivity index (χ4v) is 3.62. The van der Waals surface area contributed by atoms with Gasteiger partial charge in [-0.2, -0.15) is 0 Å². The molecule has 5 heteroatoms. The minimum atomic E-state index is -0.686. The van der Waals surface area contributed by atoms with Crippen LogP contribution in [-0.4, -0.2) is 34.0 Å². The van der Waals surface area contributed by atoms with Crippen LogP contribution in [0.15, 0.2) is 0 Å². The molecule has 4 nitrogen and oxygen atoms in total. The Kier molecular flexibility index (Phi) is 3.47. The third-order valence-corrected chi connectivity index (χ3v) is 5.13. The zero-order valence-corrected chi connectivity index (χ0v) is 12.2. The molecule has 1 aromatic rings. The molecule has 1 fully saturated rings. The second-order valence-electron chi connectivity index (χ2n) is 5.44. The maximum absolute atomic E-state index is 11.3. The standard InChI is InChI=1S/C13H20N2O2S/c1-8-11(18-10(3)14-8)9(2)15-6-5-13(4,7-15)12(16)17/h9H,5-7H2,1-4H3,(H,16,17). The number of carboxylic acid groups (broad SMARTS) is 1. The zero-order chi connectivity index (χ0) is 13.5. The molecule has 2 unspecified atom stereocenters. The smallest absolute Gasteiger partial charge is 0.310 e. The molecule has 0 saturated carbocycles. The molecular formula is C13H20N2O2S. The first kappa shape index (κ1) is 13.5. The third-order valence-electron chi connectivity index (χ3n) is 3.89. The van der Waals surface area contributed by atoms with Crippen LogP contribution in [-0.2, 0) is 4.79 Å². The lowest BCUT2D eigenvalue weighted by Gasteiger charge is -2.25. The Morgan fingerprint density at radius 2 is 2.22 bits per heavy atom. The van der Waals surface area contributed by atoms with Gasteiger partial charge in [0, 0.05) is 17.5 Å². The molecule has 0 aromatic carbocycles. The van der Waals surface area contributed by atoms with Gasteiger partial charge in [0.2, 0.25) is 0 Å². The van der Waals surface area contributed by atoms with Crippen molar-refractivity contribution in [2.75, 3.05) is 13.1 Å². The first-order chi connectivity index (χ1) is 8.33. The highest BCUT2D eigenvalue weighted by atomic mass is 32.1. The van der Waals surface area contributed by atoms with Gasteiger partial charge in [0.25, 0.3) is 0 Å². The number of carbonyl (C=O) groups is 1. The molecule has 1 saturated heterocycles. The SMILES string of the molecule is Cc1nc(C)c(C(C)N2CCC(C)(C(=O)O)C2)s1. The monoisotopic (exact) mass is 268 g/mol. The Hall–Kier alpha value is -0.940. The fraction of sp³-hybridized carbons (Fsp3) is 0.692. The summed E-state index contributed by atoms with van der Waals surface area (Å²) in [5.74, 6) is -0.686. The molecule has 0 bridgehead atoms. The van der Waals surface area contributed by atoms with Crippen LogP contribution in [0.2, 0.25) is 0 Å². The first-order valence-electron chi connectivity index (χ1n) is 6.25. The van der Waals surface area contributed by atoms with Gasteiger partial charge in [-0.15, -0.1) is 11.3 Å². The van der Waals surface area contributed by atoms with E-state index in [1.54, 1.807) is 11.3 Å². The normalized spacial score (nSPS) is 26.4. The predicted molar refractivity (Wildman–Crippen MR) is 71.9 cm³/mol. The Labute approximate surface area is 112 Å². The molecule has 1 aromatic heterocycles. The van der Waals surface area contributed by atoms with Crippen molar-refractivity contribution in [3.05, 3.63) is 15.6 Å². The van der Waals surface area contributed by atoms with Crippen LogP contribution >= 0.6 is 11.3 Å². The fourth-order valence-electron chi connectivity index (χ4n) is 2.60.